The van der Waals surface area contributed by atoms with Crippen LogP contribution in [0.15, 0.2) is 24.3 Å². The molecule has 1 aromatic carbocycles. The molecule has 0 atom stereocenters. The third-order valence-electron chi connectivity index (χ3n) is 2.45. The van der Waals surface area contributed by atoms with E-state index in [-0.39, 0.29) is 0 Å². The van der Waals surface area contributed by atoms with E-state index in [9.17, 15) is 0 Å². The Morgan fingerprint density at radius 2 is 1.71 bits per heavy atom. The summed E-state index contributed by atoms with van der Waals surface area (Å²) in [6.45, 7) is 6.15. The fourth-order valence-corrected chi connectivity index (χ4v) is 1.48. The highest BCUT2D eigenvalue weighted by Crippen LogP contribution is 2.17. The Kier molecular flexibility index (Phi) is 6.48. The zero-order chi connectivity index (χ0) is 12.5. The highest BCUT2D eigenvalue weighted by atomic mass is 16.5. The Labute approximate surface area is 104 Å². The van der Waals surface area contributed by atoms with Crippen molar-refractivity contribution in [2.75, 3.05) is 20.3 Å². The van der Waals surface area contributed by atoms with Gasteiger partial charge in [-0.05, 0) is 43.7 Å². The molecule has 0 aliphatic rings. The number of hydrogen-bond donors (Lipinski definition) is 1. The Bertz CT molecular complexity index is 296. The molecule has 1 N–H and O–H groups in total. The average molecular weight is 237 g/mol. The van der Waals surface area contributed by atoms with Crippen LogP contribution in [0, 0.1) is 0 Å². The molecule has 1 aromatic rings. The number of hydrogen-bond acceptors (Lipinski definition) is 3. The number of methoxy groups -OCH3 is 1. The molecule has 3 nitrogen and oxygen atoms in total. The van der Waals surface area contributed by atoms with E-state index in [1.54, 1.807) is 7.11 Å². The van der Waals surface area contributed by atoms with E-state index >= 15 is 0 Å². The maximum atomic E-state index is 5.63. The van der Waals surface area contributed by atoms with Crippen LogP contribution < -0.4 is 14.8 Å². The zero-order valence-corrected chi connectivity index (χ0v) is 11.0. The van der Waals surface area contributed by atoms with Gasteiger partial charge < -0.3 is 14.8 Å². The van der Waals surface area contributed by atoms with Crippen molar-refractivity contribution in [3.8, 4) is 11.5 Å². The van der Waals surface area contributed by atoms with Gasteiger partial charge in [-0.3, -0.25) is 0 Å². The molecule has 0 aromatic heterocycles. The maximum absolute atomic E-state index is 5.63. The summed E-state index contributed by atoms with van der Waals surface area (Å²) in [5, 5.41) is 3.39. The Balaban J connectivity index is 2.09. The lowest BCUT2D eigenvalue weighted by atomic mass is 10.3. The number of benzene rings is 1. The van der Waals surface area contributed by atoms with Crippen molar-refractivity contribution >= 4 is 0 Å². The lowest BCUT2D eigenvalue weighted by Gasteiger charge is -2.09. The van der Waals surface area contributed by atoms with Crippen LogP contribution in [0.1, 0.15) is 26.7 Å². The lowest BCUT2D eigenvalue weighted by molar-refractivity contribution is 0.304. The fourth-order valence-electron chi connectivity index (χ4n) is 1.48. The molecule has 0 amide bonds. The summed E-state index contributed by atoms with van der Waals surface area (Å²) in [5.74, 6) is 1.76. The summed E-state index contributed by atoms with van der Waals surface area (Å²) < 4.78 is 10.7. The molecular formula is C14H23NO2. The molecular weight excluding hydrogens is 214 g/mol. The third-order valence-corrected chi connectivity index (χ3v) is 2.45. The number of ether oxygens (including phenoxy) is 2. The second kappa shape index (κ2) is 7.96. The highest BCUT2D eigenvalue weighted by molar-refractivity contribution is 5.31. The first-order valence-electron chi connectivity index (χ1n) is 6.22. The molecule has 0 fully saturated rings. The summed E-state index contributed by atoms with van der Waals surface area (Å²) in [6, 6.07) is 8.26. The van der Waals surface area contributed by atoms with Crippen LogP contribution in [0.4, 0.5) is 0 Å². The van der Waals surface area contributed by atoms with Gasteiger partial charge in [-0.2, -0.15) is 0 Å². The smallest absolute Gasteiger partial charge is 0.119 e. The number of rotatable bonds is 8. The predicted octanol–water partition coefficient (Wildman–Crippen LogP) is 2.85. The van der Waals surface area contributed by atoms with Gasteiger partial charge in [0, 0.05) is 6.04 Å². The van der Waals surface area contributed by atoms with Crippen LogP contribution in [0.25, 0.3) is 0 Å². The van der Waals surface area contributed by atoms with Crippen molar-refractivity contribution < 1.29 is 9.47 Å². The Hall–Kier alpha value is -1.22. The quantitative estimate of drug-likeness (QED) is 0.705. The van der Waals surface area contributed by atoms with Crippen molar-refractivity contribution in [2.45, 2.75) is 32.7 Å². The van der Waals surface area contributed by atoms with Gasteiger partial charge in [0.1, 0.15) is 11.5 Å². The molecule has 0 unspecified atom stereocenters. The summed E-state index contributed by atoms with van der Waals surface area (Å²) in [6.07, 6.45) is 2.22. The van der Waals surface area contributed by atoms with Gasteiger partial charge in [0.25, 0.3) is 0 Å². The van der Waals surface area contributed by atoms with E-state index in [2.05, 4.69) is 19.2 Å². The van der Waals surface area contributed by atoms with Crippen LogP contribution in [0.2, 0.25) is 0 Å². The number of nitrogens with one attached hydrogen (secondary N) is 1. The molecule has 0 saturated carbocycles. The van der Waals surface area contributed by atoms with Crippen molar-refractivity contribution in [3.05, 3.63) is 24.3 Å². The third kappa shape index (κ3) is 6.17. The monoisotopic (exact) mass is 237 g/mol. The first-order chi connectivity index (χ1) is 8.22. The van der Waals surface area contributed by atoms with Crippen LogP contribution in [0.3, 0.4) is 0 Å². The van der Waals surface area contributed by atoms with E-state index in [0.717, 1.165) is 37.5 Å². The largest absolute Gasteiger partial charge is 0.497 e. The normalized spacial score (nSPS) is 10.6. The molecule has 0 aliphatic heterocycles. The fraction of sp³-hybridized carbons (Fsp3) is 0.571. The van der Waals surface area contributed by atoms with Gasteiger partial charge in [-0.15, -0.1) is 0 Å². The van der Waals surface area contributed by atoms with Gasteiger partial charge in [0.15, 0.2) is 0 Å². The van der Waals surface area contributed by atoms with Gasteiger partial charge in [0.05, 0.1) is 13.7 Å². The maximum Gasteiger partial charge on any atom is 0.119 e. The van der Waals surface area contributed by atoms with E-state index in [4.69, 9.17) is 9.47 Å². The minimum atomic E-state index is 0.567. The van der Waals surface area contributed by atoms with Crippen LogP contribution in [-0.4, -0.2) is 26.3 Å². The summed E-state index contributed by atoms with van der Waals surface area (Å²) >= 11 is 0. The zero-order valence-electron chi connectivity index (χ0n) is 11.0. The molecule has 0 aliphatic carbocycles. The first kappa shape index (κ1) is 13.8. The average Bonchev–Trinajstić information content (AvgIpc) is 2.34. The molecule has 3 heteroatoms. The van der Waals surface area contributed by atoms with E-state index in [0.29, 0.717) is 6.04 Å². The predicted molar refractivity (Wildman–Crippen MR) is 70.9 cm³/mol. The van der Waals surface area contributed by atoms with Gasteiger partial charge in [0.2, 0.25) is 0 Å². The standard InChI is InChI=1S/C14H23NO2/c1-12(2)15-10-4-5-11-17-14-8-6-13(16-3)7-9-14/h6-9,12,15H,4-5,10-11H2,1-3H3. The Morgan fingerprint density at radius 1 is 1.06 bits per heavy atom. The van der Waals surface area contributed by atoms with E-state index in [1.165, 1.54) is 0 Å². The van der Waals surface area contributed by atoms with Crippen molar-refractivity contribution in [1.29, 1.82) is 0 Å². The highest BCUT2D eigenvalue weighted by Gasteiger charge is 1.96. The second-order valence-electron chi connectivity index (χ2n) is 4.34. The molecule has 96 valence electrons. The van der Waals surface area contributed by atoms with Crippen molar-refractivity contribution in [3.63, 3.8) is 0 Å². The van der Waals surface area contributed by atoms with E-state index < -0.39 is 0 Å². The van der Waals surface area contributed by atoms with Gasteiger partial charge in [-0.25, -0.2) is 0 Å². The van der Waals surface area contributed by atoms with Gasteiger partial charge in [-0.1, -0.05) is 13.8 Å². The van der Waals surface area contributed by atoms with Crippen molar-refractivity contribution in [2.24, 2.45) is 0 Å². The SMILES string of the molecule is COc1ccc(OCCCCNC(C)C)cc1. The molecule has 0 spiro atoms. The van der Waals surface area contributed by atoms with Gasteiger partial charge >= 0.3 is 0 Å². The lowest BCUT2D eigenvalue weighted by Crippen LogP contribution is -2.23. The molecule has 17 heavy (non-hydrogen) atoms. The van der Waals surface area contributed by atoms with Crippen LogP contribution in [-0.2, 0) is 0 Å². The molecule has 0 saturated heterocycles. The molecule has 1 rings (SSSR count). The van der Waals surface area contributed by atoms with Crippen LogP contribution >= 0.6 is 0 Å². The summed E-state index contributed by atoms with van der Waals surface area (Å²) in [7, 11) is 1.66. The minimum absolute atomic E-state index is 0.567. The topological polar surface area (TPSA) is 30.5 Å². The second-order valence-corrected chi connectivity index (χ2v) is 4.34. The number of unbranched alkanes of at least 4 members (excludes halogenated alkanes) is 1. The molecule has 0 radical (unpaired) electrons. The minimum Gasteiger partial charge on any atom is -0.497 e. The van der Waals surface area contributed by atoms with Crippen LogP contribution in [0.5, 0.6) is 11.5 Å². The first-order valence-corrected chi connectivity index (χ1v) is 6.22. The molecule has 0 bridgehead atoms. The van der Waals surface area contributed by atoms with E-state index in [1.807, 2.05) is 24.3 Å². The summed E-state index contributed by atoms with van der Waals surface area (Å²) in [4.78, 5) is 0. The Morgan fingerprint density at radius 3 is 2.29 bits per heavy atom. The summed E-state index contributed by atoms with van der Waals surface area (Å²) in [5.41, 5.74) is 0. The van der Waals surface area contributed by atoms with Crippen molar-refractivity contribution in [1.82, 2.24) is 5.32 Å². The molecule has 0 heterocycles.